The van der Waals surface area contributed by atoms with Crippen LogP contribution >= 0.6 is 0 Å². The van der Waals surface area contributed by atoms with Crippen LogP contribution in [0.1, 0.15) is 76.2 Å². The minimum Gasteiger partial charge on any atom is -0.471 e. The van der Waals surface area contributed by atoms with Gasteiger partial charge in [0.2, 0.25) is 0 Å². The average Bonchev–Trinajstić information content (AvgIpc) is 2.68. The van der Waals surface area contributed by atoms with Crippen molar-refractivity contribution in [3.05, 3.63) is 16.0 Å². The van der Waals surface area contributed by atoms with E-state index in [-0.39, 0.29) is 66.1 Å². The number of aliphatic imine (C=N–C) groups is 3. The monoisotopic (exact) mass is 712 g/mol. The van der Waals surface area contributed by atoms with E-state index in [1.165, 1.54) is 0 Å². The van der Waals surface area contributed by atoms with Crippen LogP contribution in [0.5, 0.6) is 0 Å². The molecule has 2 atom stereocenters. The van der Waals surface area contributed by atoms with Gasteiger partial charge in [-0.15, -0.1) is 19.0 Å². The van der Waals surface area contributed by atoms with Gasteiger partial charge in [0.15, 0.2) is 0 Å². The summed E-state index contributed by atoms with van der Waals surface area (Å²) in [4.78, 5) is 19.2. The van der Waals surface area contributed by atoms with E-state index in [4.69, 9.17) is 0 Å². The van der Waals surface area contributed by atoms with Crippen molar-refractivity contribution in [2.45, 2.75) is 105 Å². The second-order valence-corrected chi connectivity index (χ2v) is 13.4. The zero-order valence-corrected chi connectivity index (χ0v) is 32.2. The van der Waals surface area contributed by atoms with E-state index in [1.807, 2.05) is 28.2 Å². The van der Waals surface area contributed by atoms with E-state index >= 15 is 0 Å². The fourth-order valence-corrected chi connectivity index (χ4v) is 2.00. The molecule has 0 heterocycles. The summed E-state index contributed by atoms with van der Waals surface area (Å²) >= 11 is 0. The molecule has 0 saturated heterocycles. The summed E-state index contributed by atoms with van der Waals surface area (Å²) < 4.78 is 0. The summed E-state index contributed by atoms with van der Waals surface area (Å²) in [6, 6.07) is 0.799. The van der Waals surface area contributed by atoms with Gasteiger partial charge in [-0.1, -0.05) is 69.2 Å². The number of nitrogens with zero attached hydrogens (tertiary/aromatic N) is 9. The summed E-state index contributed by atoms with van der Waals surface area (Å²) in [6.07, 6.45) is 5.04. The van der Waals surface area contributed by atoms with E-state index < -0.39 is 0 Å². The van der Waals surface area contributed by atoms with Gasteiger partial charge in [-0.3, -0.25) is 0 Å². The number of hydrogen-bond acceptors (Lipinski definition) is 6. The van der Waals surface area contributed by atoms with Crippen molar-refractivity contribution in [1.82, 2.24) is 14.7 Å². The maximum atomic E-state index is 4.32. The van der Waals surface area contributed by atoms with Crippen LogP contribution < -0.4 is 0 Å². The van der Waals surface area contributed by atoms with Crippen molar-refractivity contribution in [2.75, 3.05) is 68.5 Å². The summed E-state index contributed by atoms with van der Waals surface area (Å²) in [5.41, 5.74) is -0.0200. The molecule has 0 rings (SSSR count). The Morgan fingerprint density at radius 1 is 0.610 bits per heavy atom. The normalized spacial score (nSPS) is 13.5. The Hall–Kier alpha value is -0.229. The number of hydrogen-bond donors (Lipinski definition) is 0. The largest absolute Gasteiger partial charge is 0.471 e. The second-order valence-electron chi connectivity index (χ2n) is 13.4. The molecule has 0 saturated carbocycles. The van der Waals surface area contributed by atoms with Gasteiger partial charge in [0.05, 0.1) is 0 Å². The Morgan fingerprint density at radius 3 is 1.34 bits per heavy atom. The molecule has 9 nitrogen and oxygen atoms in total. The van der Waals surface area contributed by atoms with E-state index in [0.717, 1.165) is 26.2 Å². The zero-order valence-electron chi connectivity index (χ0n) is 29.2. The SMILES string of the molecule is CC(CN(C)C)[N-]C=NC(C)(C)C.CC(C[N-]C=NC(C)(C)C)N(C)C.CN(C)CC[N-]C=NC(C)(C)C.[Ni].[Ni].[Ni]. The molecular formula is C29H64N9Ni3-3. The Balaban J connectivity index is -0.000000108. The van der Waals surface area contributed by atoms with Gasteiger partial charge in [0.1, 0.15) is 0 Å². The predicted molar refractivity (Wildman–Crippen MR) is 174 cm³/mol. The number of likely N-dealkylation sites (N-methyl/N-ethyl adjacent to an activating group) is 3. The first-order valence-electron chi connectivity index (χ1n) is 13.7. The Labute approximate surface area is 286 Å². The second kappa shape index (κ2) is 28.5. The summed E-state index contributed by atoms with van der Waals surface area (Å²) in [6.45, 7) is 26.4. The van der Waals surface area contributed by atoms with Crippen LogP contribution in [0.25, 0.3) is 16.0 Å². The maximum absolute atomic E-state index is 4.32. The van der Waals surface area contributed by atoms with Crippen LogP contribution in [-0.4, -0.2) is 131 Å². The molecule has 2 unspecified atom stereocenters. The van der Waals surface area contributed by atoms with Gasteiger partial charge >= 0.3 is 0 Å². The van der Waals surface area contributed by atoms with Crippen LogP contribution in [0.4, 0.5) is 0 Å². The molecule has 0 aliphatic carbocycles. The molecule has 0 spiro atoms. The predicted octanol–water partition coefficient (Wildman–Crippen LogP) is 6.02. The average molecular weight is 715 g/mol. The first-order chi connectivity index (χ1) is 17.1. The Morgan fingerprint density at radius 2 is 1.00 bits per heavy atom. The van der Waals surface area contributed by atoms with Crippen molar-refractivity contribution in [3.63, 3.8) is 0 Å². The van der Waals surface area contributed by atoms with Crippen molar-refractivity contribution in [3.8, 4) is 0 Å². The van der Waals surface area contributed by atoms with Crippen LogP contribution in [-0.2, 0) is 49.5 Å². The van der Waals surface area contributed by atoms with Crippen LogP contribution in [0.15, 0.2) is 15.0 Å². The summed E-state index contributed by atoms with van der Waals surface area (Å²) in [5.74, 6) is 0. The van der Waals surface area contributed by atoms with Crippen molar-refractivity contribution in [2.24, 2.45) is 15.0 Å². The third-order valence-electron chi connectivity index (χ3n) is 4.38. The molecule has 258 valence electrons. The minimum atomic E-state index is -0.0126. The molecule has 0 aliphatic heterocycles. The van der Waals surface area contributed by atoms with Gasteiger partial charge < -0.3 is 45.6 Å². The smallest absolute Gasteiger partial charge is 0.00538 e. The molecule has 0 bridgehead atoms. The van der Waals surface area contributed by atoms with Crippen LogP contribution in [0.2, 0.25) is 0 Å². The van der Waals surface area contributed by atoms with E-state index in [9.17, 15) is 0 Å². The van der Waals surface area contributed by atoms with Gasteiger partial charge in [-0.05, 0) is 98.0 Å². The van der Waals surface area contributed by atoms with Crippen molar-refractivity contribution < 1.29 is 49.5 Å². The molecular weight excluding hydrogens is 650 g/mol. The first kappa shape index (κ1) is 53.3. The van der Waals surface area contributed by atoms with Crippen molar-refractivity contribution in [1.29, 1.82) is 0 Å². The van der Waals surface area contributed by atoms with Crippen LogP contribution in [0.3, 0.4) is 0 Å². The van der Waals surface area contributed by atoms with Crippen molar-refractivity contribution >= 4 is 19.0 Å². The third kappa shape index (κ3) is 56.2. The van der Waals surface area contributed by atoms with Gasteiger partial charge in [-0.2, -0.15) is 0 Å². The topological polar surface area (TPSA) is 89.1 Å². The molecule has 0 fully saturated rings. The molecule has 0 N–H and O–H groups in total. The maximum Gasteiger partial charge on any atom is 0.00538 e. The number of rotatable bonds is 12. The molecule has 0 aromatic carbocycles. The molecule has 41 heavy (non-hydrogen) atoms. The third-order valence-corrected chi connectivity index (χ3v) is 4.38. The first-order valence-corrected chi connectivity index (χ1v) is 13.7. The Bertz CT molecular complexity index is 635. The quantitative estimate of drug-likeness (QED) is 0.107. The van der Waals surface area contributed by atoms with Crippen LogP contribution in [0, 0.1) is 0 Å². The fourth-order valence-electron chi connectivity index (χ4n) is 2.00. The fraction of sp³-hybridized carbons (Fsp3) is 0.897. The Kier molecular flexibility index (Phi) is 37.1. The minimum absolute atomic E-state index is 0. The van der Waals surface area contributed by atoms with E-state index in [0.29, 0.717) is 12.1 Å². The molecule has 0 amide bonds. The molecule has 0 aliphatic rings. The van der Waals surface area contributed by atoms with Gasteiger partial charge in [-0.25, -0.2) is 0 Å². The summed E-state index contributed by atoms with van der Waals surface area (Å²) in [5, 5.41) is 12.7. The van der Waals surface area contributed by atoms with Gasteiger partial charge in [0.25, 0.3) is 0 Å². The van der Waals surface area contributed by atoms with Gasteiger partial charge in [0, 0.05) is 55.5 Å². The van der Waals surface area contributed by atoms with E-state index in [1.54, 1.807) is 19.0 Å². The molecule has 0 aromatic heterocycles. The molecule has 12 heteroatoms. The van der Waals surface area contributed by atoms with E-state index in [2.05, 4.69) is 136 Å². The zero-order chi connectivity index (χ0) is 30.6. The summed E-state index contributed by atoms with van der Waals surface area (Å²) in [7, 11) is 12.3. The standard InChI is InChI=1S/2C10H22N3.C9H20N3.3Ni/c1-9(7-13(5)6)11-8-12-10(2,3)4;1-9(13(5)6)7-11-8-12-10(2,3)4;1-9(2,3)11-8-10-6-7-12(4)5;;;/h2*8-9H,7H2,1-6H3;8H,6-7H2,1-5H3;;;/q3*-1;;;. The molecule has 0 aromatic rings. The molecule has 0 radical (unpaired) electrons.